The lowest BCUT2D eigenvalue weighted by atomic mass is 9.98. The van der Waals surface area contributed by atoms with Gasteiger partial charge in [0.25, 0.3) is 5.91 Å². The first-order valence-corrected chi connectivity index (χ1v) is 9.16. The first-order valence-electron chi connectivity index (χ1n) is 8.28. The molecule has 1 fully saturated rings. The Hall–Kier alpha value is -1.92. The van der Waals surface area contributed by atoms with Crippen molar-refractivity contribution in [3.8, 4) is 5.88 Å². The molecule has 0 radical (unpaired) electrons. The molecule has 0 bridgehead atoms. The van der Waals surface area contributed by atoms with Crippen molar-refractivity contribution in [1.82, 2.24) is 15.2 Å². The van der Waals surface area contributed by atoms with Gasteiger partial charge in [0.2, 0.25) is 5.88 Å². The van der Waals surface area contributed by atoms with Gasteiger partial charge in [-0.15, -0.1) is 11.3 Å². The number of carbonyl (C=O) groups excluding carboxylic acids is 1. The Morgan fingerprint density at radius 3 is 3.17 bits per heavy atom. The summed E-state index contributed by atoms with van der Waals surface area (Å²) < 4.78 is 5.16. The second kappa shape index (κ2) is 8.26. The number of ether oxygens (including phenoxy) is 1. The van der Waals surface area contributed by atoms with Crippen LogP contribution in [0, 0.1) is 5.92 Å². The van der Waals surface area contributed by atoms with Gasteiger partial charge in [-0.25, -0.2) is 4.98 Å². The summed E-state index contributed by atoms with van der Waals surface area (Å²) in [5.74, 6) is 0.749. The Kier molecular flexibility index (Phi) is 5.82. The van der Waals surface area contributed by atoms with Gasteiger partial charge in [-0.3, -0.25) is 9.69 Å². The van der Waals surface area contributed by atoms with Crippen LogP contribution in [0.5, 0.6) is 5.88 Å². The summed E-state index contributed by atoms with van der Waals surface area (Å²) in [6, 6.07) is 7.78. The number of thiophene rings is 1. The molecule has 6 heteroatoms. The molecule has 0 unspecified atom stereocenters. The lowest BCUT2D eigenvalue weighted by Crippen LogP contribution is -2.40. The lowest BCUT2D eigenvalue weighted by Gasteiger charge is -2.32. The van der Waals surface area contributed by atoms with Gasteiger partial charge in [-0.1, -0.05) is 6.07 Å². The molecule has 128 valence electrons. The molecule has 1 saturated heterocycles. The predicted octanol–water partition coefficient (Wildman–Crippen LogP) is 2.79. The number of rotatable bonds is 6. The fourth-order valence-electron chi connectivity index (χ4n) is 3.14. The quantitative estimate of drug-likeness (QED) is 0.875. The van der Waals surface area contributed by atoms with E-state index in [9.17, 15) is 4.79 Å². The summed E-state index contributed by atoms with van der Waals surface area (Å²) >= 11 is 1.81. The van der Waals surface area contributed by atoms with E-state index in [-0.39, 0.29) is 5.91 Å². The minimum absolute atomic E-state index is 0.115. The predicted molar refractivity (Wildman–Crippen MR) is 95.4 cm³/mol. The fourth-order valence-corrected chi connectivity index (χ4v) is 3.89. The van der Waals surface area contributed by atoms with Crippen molar-refractivity contribution in [3.63, 3.8) is 0 Å². The second-order valence-electron chi connectivity index (χ2n) is 6.09. The summed E-state index contributed by atoms with van der Waals surface area (Å²) in [7, 11) is 1.53. The van der Waals surface area contributed by atoms with Gasteiger partial charge in [-0.05, 0) is 48.9 Å². The average molecular weight is 345 g/mol. The zero-order valence-electron chi connectivity index (χ0n) is 13.9. The van der Waals surface area contributed by atoms with Gasteiger partial charge in [0.15, 0.2) is 0 Å². The third-order valence-corrected chi connectivity index (χ3v) is 5.18. The zero-order chi connectivity index (χ0) is 16.8. The van der Waals surface area contributed by atoms with E-state index in [1.165, 1.54) is 18.4 Å². The minimum atomic E-state index is -0.115. The van der Waals surface area contributed by atoms with Crippen LogP contribution in [-0.2, 0) is 6.54 Å². The molecule has 1 aliphatic heterocycles. The number of amides is 1. The van der Waals surface area contributed by atoms with E-state index in [1.807, 2.05) is 0 Å². The average Bonchev–Trinajstić information content (AvgIpc) is 3.13. The van der Waals surface area contributed by atoms with Crippen molar-refractivity contribution < 1.29 is 9.53 Å². The standard InChI is InChI=1S/C18H23N3O2S/c1-23-18-16(7-2-8-19-18)17(22)20-11-14-5-3-9-21(12-14)13-15-6-4-10-24-15/h2,4,6-8,10,14H,3,5,9,11-13H2,1H3,(H,20,22)/t14-/m0/s1. The minimum Gasteiger partial charge on any atom is -0.480 e. The van der Waals surface area contributed by atoms with Gasteiger partial charge >= 0.3 is 0 Å². The number of pyridine rings is 1. The van der Waals surface area contributed by atoms with Crippen molar-refractivity contribution >= 4 is 17.2 Å². The van der Waals surface area contributed by atoms with Crippen LogP contribution in [0.1, 0.15) is 28.1 Å². The second-order valence-corrected chi connectivity index (χ2v) is 7.13. The molecular weight excluding hydrogens is 322 g/mol. The first-order chi connectivity index (χ1) is 11.8. The molecule has 3 rings (SSSR count). The van der Waals surface area contributed by atoms with E-state index in [2.05, 4.69) is 32.7 Å². The summed E-state index contributed by atoms with van der Waals surface area (Å²) in [5, 5.41) is 5.16. The highest BCUT2D eigenvalue weighted by atomic mass is 32.1. The summed E-state index contributed by atoms with van der Waals surface area (Å²) in [4.78, 5) is 20.3. The molecule has 0 aliphatic carbocycles. The first kappa shape index (κ1) is 16.9. The molecular formula is C18H23N3O2S. The number of hydrogen-bond acceptors (Lipinski definition) is 5. The van der Waals surface area contributed by atoms with E-state index < -0.39 is 0 Å². The molecule has 1 amide bonds. The van der Waals surface area contributed by atoms with E-state index in [1.54, 1.807) is 29.7 Å². The molecule has 3 heterocycles. The van der Waals surface area contributed by atoms with Gasteiger partial charge in [0, 0.05) is 30.7 Å². The monoisotopic (exact) mass is 345 g/mol. The van der Waals surface area contributed by atoms with Crippen LogP contribution < -0.4 is 10.1 Å². The maximum Gasteiger partial charge on any atom is 0.256 e. The molecule has 0 saturated carbocycles. The molecule has 0 spiro atoms. The summed E-state index contributed by atoms with van der Waals surface area (Å²) in [6.45, 7) is 3.87. The number of piperidine rings is 1. The number of hydrogen-bond donors (Lipinski definition) is 1. The van der Waals surface area contributed by atoms with Gasteiger partial charge < -0.3 is 10.1 Å². The number of nitrogens with one attached hydrogen (secondary N) is 1. The Balaban J connectivity index is 1.51. The molecule has 1 atom stereocenters. The van der Waals surface area contributed by atoms with Crippen LogP contribution >= 0.6 is 11.3 Å². The Morgan fingerprint density at radius 2 is 2.38 bits per heavy atom. The van der Waals surface area contributed by atoms with E-state index in [0.717, 1.165) is 26.1 Å². The highest BCUT2D eigenvalue weighted by molar-refractivity contribution is 7.09. The van der Waals surface area contributed by atoms with Crippen molar-refractivity contribution in [2.75, 3.05) is 26.7 Å². The van der Waals surface area contributed by atoms with Crippen molar-refractivity contribution in [2.24, 2.45) is 5.92 Å². The third-order valence-electron chi connectivity index (χ3n) is 4.32. The third kappa shape index (κ3) is 4.33. The molecule has 2 aromatic rings. The topological polar surface area (TPSA) is 54.5 Å². The Labute approximate surface area is 146 Å². The van der Waals surface area contributed by atoms with Gasteiger partial charge in [0.1, 0.15) is 5.56 Å². The highest BCUT2D eigenvalue weighted by Gasteiger charge is 2.21. The fraction of sp³-hybridized carbons (Fsp3) is 0.444. The molecule has 1 aliphatic rings. The van der Waals surface area contributed by atoms with Gasteiger partial charge in [-0.2, -0.15) is 0 Å². The highest BCUT2D eigenvalue weighted by Crippen LogP contribution is 2.20. The van der Waals surface area contributed by atoms with E-state index in [0.29, 0.717) is 23.9 Å². The van der Waals surface area contributed by atoms with Crippen LogP contribution in [0.25, 0.3) is 0 Å². The van der Waals surface area contributed by atoms with E-state index >= 15 is 0 Å². The maximum absolute atomic E-state index is 12.4. The molecule has 5 nitrogen and oxygen atoms in total. The smallest absolute Gasteiger partial charge is 0.256 e. The van der Waals surface area contributed by atoms with Crippen LogP contribution in [0.15, 0.2) is 35.8 Å². The maximum atomic E-state index is 12.4. The van der Waals surface area contributed by atoms with Crippen LogP contribution in [-0.4, -0.2) is 42.5 Å². The SMILES string of the molecule is COc1ncccc1C(=O)NC[C@@H]1CCCN(Cc2cccs2)C1. The van der Waals surface area contributed by atoms with Crippen molar-refractivity contribution in [1.29, 1.82) is 0 Å². The Morgan fingerprint density at radius 1 is 1.46 bits per heavy atom. The molecule has 0 aromatic carbocycles. The number of carbonyl (C=O) groups is 1. The lowest BCUT2D eigenvalue weighted by molar-refractivity contribution is 0.0927. The Bertz CT molecular complexity index is 660. The number of methoxy groups -OCH3 is 1. The number of likely N-dealkylation sites (tertiary alicyclic amines) is 1. The summed E-state index contributed by atoms with van der Waals surface area (Å²) in [5.41, 5.74) is 0.492. The van der Waals surface area contributed by atoms with Crippen molar-refractivity contribution in [2.45, 2.75) is 19.4 Å². The normalized spacial score (nSPS) is 18.3. The number of aromatic nitrogens is 1. The molecule has 2 aromatic heterocycles. The van der Waals surface area contributed by atoms with Crippen molar-refractivity contribution in [3.05, 3.63) is 46.3 Å². The number of nitrogens with zero attached hydrogens (tertiary/aromatic N) is 2. The summed E-state index contributed by atoms with van der Waals surface area (Å²) in [6.07, 6.45) is 3.97. The zero-order valence-corrected chi connectivity index (χ0v) is 14.7. The van der Waals surface area contributed by atoms with E-state index in [4.69, 9.17) is 4.74 Å². The molecule has 24 heavy (non-hydrogen) atoms. The largest absolute Gasteiger partial charge is 0.480 e. The van der Waals surface area contributed by atoms with Gasteiger partial charge in [0.05, 0.1) is 7.11 Å². The van der Waals surface area contributed by atoms with Crippen LogP contribution in [0.4, 0.5) is 0 Å². The van der Waals surface area contributed by atoms with Crippen LogP contribution in [0.2, 0.25) is 0 Å². The van der Waals surface area contributed by atoms with Crippen LogP contribution in [0.3, 0.4) is 0 Å². The molecule has 1 N–H and O–H groups in total.